The minimum atomic E-state index is -4.43. The first-order valence-electron chi connectivity index (χ1n) is 12.3. The summed E-state index contributed by atoms with van der Waals surface area (Å²) in [4.78, 5) is 14.9. The van der Waals surface area contributed by atoms with Crippen LogP contribution in [0.1, 0.15) is 12.2 Å². The van der Waals surface area contributed by atoms with Crippen LogP contribution >= 0.6 is 0 Å². The number of halogens is 4. The number of aryl methyl sites for hydroxylation is 1. The molecule has 2 atom stereocenters. The maximum absolute atomic E-state index is 15.1. The topological polar surface area (TPSA) is 111 Å². The number of rotatable bonds is 5. The van der Waals surface area contributed by atoms with Crippen LogP contribution in [-0.4, -0.2) is 84.3 Å². The van der Waals surface area contributed by atoms with E-state index >= 15 is 4.39 Å². The number of alkyl halides is 4. The van der Waals surface area contributed by atoms with E-state index in [-0.39, 0.29) is 29.8 Å². The zero-order chi connectivity index (χ0) is 27.5. The highest BCUT2D eigenvalue weighted by Crippen LogP contribution is 2.32. The molecule has 2 aliphatic heterocycles. The van der Waals surface area contributed by atoms with E-state index in [2.05, 4.69) is 31.3 Å². The lowest BCUT2D eigenvalue weighted by molar-refractivity contribution is -0.140. The van der Waals surface area contributed by atoms with Gasteiger partial charge in [-0.3, -0.25) is 4.90 Å². The van der Waals surface area contributed by atoms with Crippen LogP contribution in [0.4, 0.5) is 29.3 Å². The molecule has 2 aliphatic rings. The van der Waals surface area contributed by atoms with Crippen LogP contribution in [0, 0.1) is 19.3 Å². The number of piperidine rings is 1. The van der Waals surface area contributed by atoms with E-state index in [1.807, 2.05) is 4.90 Å². The van der Waals surface area contributed by atoms with E-state index in [1.54, 1.807) is 24.4 Å². The molecule has 0 spiro atoms. The number of ether oxygens (including phenoxy) is 1. The average Bonchev–Trinajstić information content (AvgIpc) is 3.40. The number of likely N-dealkylation sites (tertiary alicyclic amines) is 1. The van der Waals surface area contributed by atoms with Crippen molar-refractivity contribution in [2.24, 2.45) is 0 Å². The number of hydrogen-bond donors (Lipinski definition) is 2. The molecule has 3 N–H and O–H groups in total. The SMILES string of the molecule is C#CC1(N2CC[C@H](Nc3nc(N)c4c(-c5ccc6nc(C)n(CC(F)(F)F)c6n5)ccn4n3)[C@H](F)C2)COC1. The highest BCUT2D eigenvalue weighted by atomic mass is 19.4. The van der Waals surface area contributed by atoms with Gasteiger partial charge < -0.3 is 20.4 Å². The van der Waals surface area contributed by atoms with E-state index in [0.29, 0.717) is 48.5 Å². The van der Waals surface area contributed by atoms with E-state index in [0.717, 1.165) is 4.57 Å². The number of aromatic nitrogens is 6. The second-order valence-corrected chi connectivity index (χ2v) is 9.91. The van der Waals surface area contributed by atoms with E-state index in [4.69, 9.17) is 16.9 Å². The molecule has 14 heteroatoms. The first kappa shape index (κ1) is 25.3. The second-order valence-electron chi connectivity index (χ2n) is 9.91. The Balaban J connectivity index is 1.26. The fourth-order valence-electron chi connectivity index (χ4n) is 5.23. The number of nitrogens with zero attached hydrogens (tertiary/aromatic N) is 7. The Morgan fingerprint density at radius 2 is 2.03 bits per heavy atom. The zero-order valence-electron chi connectivity index (χ0n) is 20.9. The molecule has 39 heavy (non-hydrogen) atoms. The van der Waals surface area contributed by atoms with Crippen LogP contribution in [0.3, 0.4) is 0 Å². The molecule has 6 rings (SSSR count). The van der Waals surface area contributed by atoms with Gasteiger partial charge in [0.15, 0.2) is 11.5 Å². The van der Waals surface area contributed by atoms with Crippen LogP contribution in [0.5, 0.6) is 0 Å². The van der Waals surface area contributed by atoms with Crippen molar-refractivity contribution in [3.63, 3.8) is 0 Å². The lowest BCUT2D eigenvalue weighted by atomic mass is 9.91. The minimum Gasteiger partial charge on any atom is -0.382 e. The highest BCUT2D eigenvalue weighted by molar-refractivity contribution is 5.88. The second kappa shape index (κ2) is 9.06. The molecule has 0 unspecified atom stereocenters. The zero-order valence-corrected chi connectivity index (χ0v) is 20.9. The molecule has 4 aromatic heterocycles. The van der Waals surface area contributed by atoms with Crippen molar-refractivity contribution in [2.45, 2.75) is 43.8 Å². The van der Waals surface area contributed by atoms with Gasteiger partial charge >= 0.3 is 6.18 Å². The van der Waals surface area contributed by atoms with Gasteiger partial charge in [-0.25, -0.2) is 18.9 Å². The number of hydrogen-bond acceptors (Lipinski definition) is 8. The monoisotopic (exact) mass is 543 g/mol. The summed E-state index contributed by atoms with van der Waals surface area (Å²) in [5.74, 6) is 3.22. The Hall–Kier alpha value is -3.96. The number of pyridine rings is 1. The predicted molar refractivity (Wildman–Crippen MR) is 136 cm³/mol. The Kier molecular flexibility index (Phi) is 5.88. The van der Waals surface area contributed by atoms with Gasteiger partial charge in [0.05, 0.1) is 24.9 Å². The fraction of sp³-hybridized carbons (Fsp3) is 0.440. The molecule has 0 aromatic carbocycles. The Morgan fingerprint density at radius 3 is 2.69 bits per heavy atom. The Labute approximate surface area is 220 Å². The van der Waals surface area contributed by atoms with E-state index in [1.165, 1.54) is 11.4 Å². The van der Waals surface area contributed by atoms with Crippen molar-refractivity contribution >= 4 is 28.4 Å². The van der Waals surface area contributed by atoms with Crippen molar-refractivity contribution in [1.29, 1.82) is 0 Å². The molecule has 2 saturated heterocycles. The average molecular weight is 544 g/mol. The molecule has 0 bridgehead atoms. The third kappa shape index (κ3) is 4.41. The van der Waals surface area contributed by atoms with Gasteiger partial charge in [0.1, 0.15) is 35.1 Å². The van der Waals surface area contributed by atoms with Gasteiger partial charge in [0, 0.05) is 24.8 Å². The van der Waals surface area contributed by atoms with Crippen molar-refractivity contribution in [1.82, 2.24) is 34.0 Å². The van der Waals surface area contributed by atoms with Gasteiger partial charge in [-0.05, 0) is 31.5 Å². The molecule has 2 fully saturated rings. The number of terminal acetylenes is 1. The third-order valence-electron chi connectivity index (χ3n) is 7.35. The number of fused-ring (bicyclic) bond motifs is 2. The van der Waals surface area contributed by atoms with Gasteiger partial charge in [-0.15, -0.1) is 11.5 Å². The summed E-state index contributed by atoms with van der Waals surface area (Å²) in [7, 11) is 0. The molecule has 0 amide bonds. The summed E-state index contributed by atoms with van der Waals surface area (Å²) >= 11 is 0. The van der Waals surface area contributed by atoms with Crippen molar-refractivity contribution in [2.75, 3.05) is 37.4 Å². The van der Waals surface area contributed by atoms with Crippen molar-refractivity contribution in [3.05, 3.63) is 30.2 Å². The normalized spacial score (nSPS) is 21.6. The molecule has 4 aromatic rings. The highest BCUT2D eigenvalue weighted by Gasteiger charge is 2.46. The molecule has 0 saturated carbocycles. The summed E-state index contributed by atoms with van der Waals surface area (Å²) < 4.78 is 62.3. The third-order valence-corrected chi connectivity index (χ3v) is 7.35. The van der Waals surface area contributed by atoms with Crippen LogP contribution in [-0.2, 0) is 11.3 Å². The number of nitrogens with two attached hydrogens (primary N) is 1. The number of nitrogens with one attached hydrogen (secondary N) is 1. The van der Waals surface area contributed by atoms with Gasteiger partial charge in [0.25, 0.3) is 0 Å². The minimum absolute atomic E-state index is 0.111. The largest absolute Gasteiger partial charge is 0.406 e. The molecular weight excluding hydrogens is 518 g/mol. The maximum atomic E-state index is 15.1. The number of nitrogen functional groups attached to an aromatic ring is 1. The van der Waals surface area contributed by atoms with Crippen molar-refractivity contribution in [3.8, 4) is 23.6 Å². The predicted octanol–water partition coefficient (Wildman–Crippen LogP) is 2.82. The van der Waals surface area contributed by atoms with E-state index < -0.39 is 30.5 Å². The van der Waals surface area contributed by atoms with Gasteiger partial charge in [0.2, 0.25) is 5.95 Å². The lowest BCUT2D eigenvalue weighted by Crippen LogP contribution is -2.65. The molecular formula is C25H25F4N9O. The van der Waals surface area contributed by atoms with Crippen LogP contribution in [0.2, 0.25) is 0 Å². The van der Waals surface area contributed by atoms with Gasteiger partial charge in [-0.1, -0.05) is 5.92 Å². The van der Waals surface area contributed by atoms with Crippen LogP contribution in [0.15, 0.2) is 24.4 Å². The summed E-state index contributed by atoms with van der Waals surface area (Å²) in [6.07, 6.45) is 2.16. The smallest absolute Gasteiger partial charge is 0.382 e. The quantitative estimate of drug-likeness (QED) is 0.292. The number of anilines is 2. The molecule has 0 aliphatic carbocycles. The van der Waals surface area contributed by atoms with Crippen LogP contribution in [0.25, 0.3) is 27.9 Å². The molecule has 6 heterocycles. The first-order chi connectivity index (χ1) is 18.6. The maximum Gasteiger partial charge on any atom is 0.406 e. The van der Waals surface area contributed by atoms with Gasteiger partial charge in [-0.2, -0.15) is 18.2 Å². The van der Waals surface area contributed by atoms with Crippen molar-refractivity contribution < 1.29 is 22.3 Å². The molecule has 10 nitrogen and oxygen atoms in total. The van der Waals surface area contributed by atoms with Crippen LogP contribution < -0.4 is 11.1 Å². The Morgan fingerprint density at radius 1 is 1.23 bits per heavy atom. The summed E-state index contributed by atoms with van der Waals surface area (Å²) in [5.41, 5.74) is 7.57. The Bertz CT molecular complexity index is 1600. The number of imidazole rings is 1. The molecule has 204 valence electrons. The lowest BCUT2D eigenvalue weighted by Gasteiger charge is -2.49. The standard InChI is InChI=1S/C25H25F4N9O/c1-3-24(12-39-13-24)36-8-7-18(16(26)10-36)33-23-34-21(30)20-15(6-9-38(20)35-23)17-4-5-19-22(32-17)37(14(2)31-19)11-25(27,28)29/h1,4-6,9,16,18H,7-8,10-13H2,2H3,(H3,30,33,34,35)/t16-,18+/m1/s1. The summed E-state index contributed by atoms with van der Waals surface area (Å²) in [6, 6.07) is 4.43. The first-order valence-corrected chi connectivity index (χ1v) is 12.3. The summed E-state index contributed by atoms with van der Waals surface area (Å²) in [6.45, 7) is 1.85. The fourth-order valence-corrected chi connectivity index (χ4v) is 5.23. The van der Waals surface area contributed by atoms with E-state index in [9.17, 15) is 13.2 Å². The molecule has 0 radical (unpaired) electrons. The summed E-state index contributed by atoms with van der Waals surface area (Å²) in [5, 5.41) is 7.50.